The van der Waals surface area contributed by atoms with E-state index in [2.05, 4.69) is 32.8 Å². The van der Waals surface area contributed by atoms with E-state index < -0.39 is 0 Å². The molecular weight excluding hydrogens is 340 g/mol. The molecule has 2 aromatic rings. The monoisotopic (exact) mass is 352 g/mol. The Bertz CT molecular complexity index is 696. The van der Waals surface area contributed by atoms with Gasteiger partial charge in [-0.15, -0.1) is 0 Å². The van der Waals surface area contributed by atoms with Crippen LogP contribution >= 0.6 is 27.5 Å². The summed E-state index contributed by atoms with van der Waals surface area (Å²) < 4.78 is 3.20. The lowest BCUT2D eigenvalue weighted by Crippen LogP contribution is -2.20. The van der Waals surface area contributed by atoms with E-state index in [0.29, 0.717) is 16.6 Å². The summed E-state index contributed by atoms with van der Waals surface area (Å²) >= 11 is 9.72. The standard InChI is InChI=1S/C15H14BrClN2O/c16-13-8-19(10-1-3-11(20)4-2-10)15-6-14(17)9(7-18)5-12(13)15/h5-6,8,10-11,20H,1-4H2. The molecular formula is C15H14BrClN2O. The van der Waals surface area contributed by atoms with Gasteiger partial charge in [-0.3, -0.25) is 0 Å². The molecule has 1 aliphatic rings. The number of benzene rings is 1. The summed E-state index contributed by atoms with van der Waals surface area (Å²) in [4.78, 5) is 0. The molecule has 1 fully saturated rings. The van der Waals surface area contributed by atoms with Crippen LogP contribution in [0.4, 0.5) is 0 Å². The summed E-state index contributed by atoms with van der Waals surface area (Å²) in [6, 6.07) is 6.20. The first-order valence-electron chi connectivity index (χ1n) is 6.68. The minimum Gasteiger partial charge on any atom is -0.393 e. The molecule has 0 aliphatic heterocycles. The molecule has 1 aromatic carbocycles. The van der Waals surface area contributed by atoms with E-state index in [1.54, 1.807) is 0 Å². The van der Waals surface area contributed by atoms with Gasteiger partial charge in [0.2, 0.25) is 0 Å². The van der Waals surface area contributed by atoms with E-state index in [4.69, 9.17) is 16.9 Å². The van der Waals surface area contributed by atoms with E-state index in [1.807, 2.05) is 12.1 Å². The molecule has 1 aliphatic carbocycles. The molecule has 0 spiro atoms. The summed E-state index contributed by atoms with van der Waals surface area (Å²) in [7, 11) is 0. The number of hydrogen-bond donors (Lipinski definition) is 1. The fourth-order valence-corrected chi connectivity index (χ4v) is 3.69. The number of aromatic nitrogens is 1. The van der Waals surface area contributed by atoms with Gasteiger partial charge in [0.05, 0.1) is 22.2 Å². The van der Waals surface area contributed by atoms with E-state index >= 15 is 0 Å². The van der Waals surface area contributed by atoms with Crippen LogP contribution in [0.15, 0.2) is 22.8 Å². The van der Waals surface area contributed by atoms with Gasteiger partial charge in [0.25, 0.3) is 0 Å². The average molecular weight is 354 g/mol. The molecule has 5 heteroatoms. The summed E-state index contributed by atoms with van der Waals surface area (Å²) in [6.07, 6.45) is 5.51. The summed E-state index contributed by atoms with van der Waals surface area (Å²) in [6.45, 7) is 0. The largest absolute Gasteiger partial charge is 0.393 e. The highest BCUT2D eigenvalue weighted by Crippen LogP contribution is 2.37. The van der Waals surface area contributed by atoms with Crippen LogP contribution in [0.3, 0.4) is 0 Å². The summed E-state index contributed by atoms with van der Waals surface area (Å²) in [5.41, 5.74) is 1.54. The summed E-state index contributed by atoms with van der Waals surface area (Å²) in [5.74, 6) is 0. The molecule has 0 saturated heterocycles. The van der Waals surface area contributed by atoms with Gasteiger partial charge >= 0.3 is 0 Å². The molecule has 3 nitrogen and oxygen atoms in total. The Balaban J connectivity index is 2.08. The first-order chi connectivity index (χ1) is 9.60. The Morgan fingerprint density at radius 1 is 1.30 bits per heavy atom. The Hall–Kier alpha value is -1.02. The molecule has 1 heterocycles. The smallest absolute Gasteiger partial charge is 0.101 e. The molecule has 1 N–H and O–H groups in total. The molecule has 1 aromatic heterocycles. The SMILES string of the molecule is N#Cc1cc2c(Br)cn(C3CCC(O)CC3)c2cc1Cl. The highest BCUT2D eigenvalue weighted by Gasteiger charge is 2.23. The molecule has 0 radical (unpaired) electrons. The van der Waals surface area contributed by atoms with Gasteiger partial charge in [0, 0.05) is 22.1 Å². The normalized spacial score (nSPS) is 22.9. The highest BCUT2D eigenvalue weighted by atomic mass is 79.9. The number of aliphatic hydroxyl groups is 1. The zero-order valence-electron chi connectivity index (χ0n) is 10.8. The van der Waals surface area contributed by atoms with Gasteiger partial charge in [-0.25, -0.2) is 0 Å². The molecule has 3 rings (SSSR count). The van der Waals surface area contributed by atoms with Gasteiger partial charge in [-0.1, -0.05) is 11.6 Å². The highest BCUT2D eigenvalue weighted by molar-refractivity contribution is 9.10. The molecule has 104 valence electrons. The molecule has 1 saturated carbocycles. The predicted molar refractivity (Wildman–Crippen MR) is 82.9 cm³/mol. The second-order valence-corrected chi connectivity index (χ2v) is 6.57. The van der Waals surface area contributed by atoms with E-state index in [9.17, 15) is 5.11 Å². The van der Waals surface area contributed by atoms with Crippen LogP contribution in [0.2, 0.25) is 5.02 Å². The number of aliphatic hydroxyl groups excluding tert-OH is 1. The first-order valence-corrected chi connectivity index (χ1v) is 7.85. The molecule has 0 atom stereocenters. The number of hydrogen-bond acceptors (Lipinski definition) is 2. The van der Waals surface area contributed by atoms with Gasteiger partial charge in [0.1, 0.15) is 6.07 Å². The van der Waals surface area contributed by atoms with Crippen molar-refractivity contribution in [2.45, 2.75) is 37.8 Å². The first kappa shape index (κ1) is 13.9. The van der Waals surface area contributed by atoms with Crippen molar-refractivity contribution in [2.75, 3.05) is 0 Å². The van der Waals surface area contributed by atoms with Crippen LogP contribution in [0.1, 0.15) is 37.3 Å². The van der Waals surface area contributed by atoms with Crippen molar-refractivity contribution in [2.24, 2.45) is 0 Å². The second kappa shape index (κ2) is 5.40. The van der Waals surface area contributed by atoms with Gasteiger partial charge in [0.15, 0.2) is 0 Å². The number of nitrogens with zero attached hydrogens (tertiary/aromatic N) is 2. The Kier molecular flexibility index (Phi) is 3.76. The van der Waals surface area contributed by atoms with Crippen molar-refractivity contribution in [1.29, 1.82) is 5.26 Å². The van der Waals surface area contributed by atoms with Crippen molar-refractivity contribution in [3.05, 3.63) is 33.4 Å². The van der Waals surface area contributed by atoms with Crippen LogP contribution < -0.4 is 0 Å². The Labute approximate surface area is 130 Å². The minimum absolute atomic E-state index is 0.162. The van der Waals surface area contributed by atoms with Crippen LogP contribution in [0.25, 0.3) is 10.9 Å². The van der Waals surface area contributed by atoms with Crippen molar-refractivity contribution in [1.82, 2.24) is 4.57 Å². The quantitative estimate of drug-likeness (QED) is 0.826. The molecule has 20 heavy (non-hydrogen) atoms. The lowest BCUT2D eigenvalue weighted by Gasteiger charge is -2.27. The maximum absolute atomic E-state index is 9.63. The van der Waals surface area contributed by atoms with Gasteiger partial charge < -0.3 is 9.67 Å². The van der Waals surface area contributed by atoms with E-state index in [-0.39, 0.29) is 6.10 Å². The zero-order valence-corrected chi connectivity index (χ0v) is 13.2. The number of fused-ring (bicyclic) bond motifs is 1. The molecule has 0 amide bonds. The van der Waals surface area contributed by atoms with E-state index in [1.165, 1.54) is 0 Å². The third kappa shape index (κ3) is 2.35. The second-order valence-electron chi connectivity index (χ2n) is 5.31. The topological polar surface area (TPSA) is 49.0 Å². The van der Waals surface area contributed by atoms with Crippen molar-refractivity contribution < 1.29 is 5.11 Å². The fourth-order valence-electron chi connectivity index (χ4n) is 2.95. The van der Waals surface area contributed by atoms with Crippen LogP contribution in [0, 0.1) is 11.3 Å². The van der Waals surface area contributed by atoms with Crippen molar-refractivity contribution >= 4 is 38.4 Å². The lowest BCUT2D eigenvalue weighted by molar-refractivity contribution is 0.111. The Morgan fingerprint density at radius 2 is 2.00 bits per heavy atom. The third-order valence-electron chi connectivity index (χ3n) is 4.05. The predicted octanol–water partition coefficient (Wildman–Crippen LogP) is 4.40. The van der Waals surface area contributed by atoms with Crippen LogP contribution in [0.5, 0.6) is 0 Å². The number of nitriles is 1. The van der Waals surface area contributed by atoms with Gasteiger partial charge in [-0.2, -0.15) is 5.26 Å². The van der Waals surface area contributed by atoms with Crippen molar-refractivity contribution in [3.8, 4) is 6.07 Å². The maximum atomic E-state index is 9.63. The Morgan fingerprint density at radius 3 is 2.65 bits per heavy atom. The van der Waals surface area contributed by atoms with Crippen LogP contribution in [-0.2, 0) is 0 Å². The van der Waals surface area contributed by atoms with E-state index in [0.717, 1.165) is 41.1 Å². The zero-order chi connectivity index (χ0) is 14.3. The molecule has 0 unspecified atom stereocenters. The maximum Gasteiger partial charge on any atom is 0.101 e. The lowest BCUT2D eigenvalue weighted by atomic mass is 9.93. The minimum atomic E-state index is -0.162. The number of halogens is 2. The fraction of sp³-hybridized carbons (Fsp3) is 0.400. The molecule has 0 bridgehead atoms. The van der Waals surface area contributed by atoms with Crippen molar-refractivity contribution in [3.63, 3.8) is 0 Å². The third-order valence-corrected chi connectivity index (χ3v) is 5.00. The van der Waals surface area contributed by atoms with Gasteiger partial charge in [-0.05, 0) is 53.7 Å². The number of rotatable bonds is 1. The average Bonchev–Trinajstić information content (AvgIpc) is 2.75. The van der Waals surface area contributed by atoms with Crippen LogP contribution in [-0.4, -0.2) is 15.8 Å². The summed E-state index contributed by atoms with van der Waals surface area (Å²) in [5, 5.41) is 20.2.